The summed E-state index contributed by atoms with van der Waals surface area (Å²) in [7, 11) is 1.34. The van der Waals surface area contributed by atoms with Crippen molar-refractivity contribution in [2.24, 2.45) is 0 Å². The van der Waals surface area contributed by atoms with Gasteiger partial charge in [-0.05, 0) is 94.1 Å². The lowest BCUT2D eigenvalue weighted by Crippen LogP contribution is -2.24. The number of aryl methyl sites for hydroxylation is 4. The fourth-order valence-corrected chi connectivity index (χ4v) is 4.68. The molecule has 174 valence electrons. The Labute approximate surface area is 201 Å². The maximum Gasteiger partial charge on any atom is 0.340 e. The Hall–Kier alpha value is -3.86. The van der Waals surface area contributed by atoms with Gasteiger partial charge in [-0.25, -0.2) is 4.79 Å². The van der Waals surface area contributed by atoms with Crippen LogP contribution in [0.2, 0.25) is 0 Å². The lowest BCUT2D eigenvalue weighted by Gasteiger charge is -2.18. The van der Waals surface area contributed by atoms with E-state index in [-0.39, 0.29) is 5.91 Å². The fraction of sp³-hybridized carbons (Fsp3) is 0.241. The maximum atomic E-state index is 13.6. The Morgan fingerprint density at radius 3 is 2.29 bits per heavy atom. The summed E-state index contributed by atoms with van der Waals surface area (Å²) in [5, 5.41) is 0. The maximum absolute atomic E-state index is 13.6. The molecule has 3 aromatic rings. The molecule has 0 bridgehead atoms. The average Bonchev–Trinajstić information content (AvgIpc) is 3.21. The smallest absolute Gasteiger partial charge is 0.340 e. The molecule has 4 rings (SSSR count). The summed E-state index contributed by atoms with van der Waals surface area (Å²) < 4.78 is 7.26. The van der Waals surface area contributed by atoms with Gasteiger partial charge in [-0.15, -0.1) is 0 Å². The normalized spacial score (nSPS) is 15.0. The number of amides is 1. The van der Waals surface area contributed by atoms with E-state index in [1.54, 1.807) is 11.8 Å². The van der Waals surface area contributed by atoms with Crippen LogP contribution in [0.1, 0.15) is 40.6 Å². The van der Waals surface area contributed by atoms with E-state index < -0.39 is 5.97 Å². The molecule has 0 saturated carbocycles. The van der Waals surface area contributed by atoms with Crippen LogP contribution in [0.25, 0.3) is 11.8 Å². The van der Waals surface area contributed by atoms with Gasteiger partial charge in [-0.2, -0.15) is 0 Å². The van der Waals surface area contributed by atoms with Gasteiger partial charge in [0.05, 0.1) is 18.3 Å². The number of nitrogens with zero attached hydrogens (tertiary/aromatic N) is 2. The summed E-state index contributed by atoms with van der Waals surface area (Å²) in [4.78, 5) is 28.0. The number of methoxy groups -OCH3 is 1. The van der Waals surface area contributed by atoms with Crippen molar-refractivity contribution in [3.05, 3.63) is 99.0 Å². The Balaban J connectivity index is 1.88. The zero-order chi connectivity index (χ0) is 24.7. The first kappa shape index (κ1) is 23.3. The number of esters is 1. The summed E-state index contributed by atoms with van der Waals surface area (Å²) >= 11 is 0. The quantitative estimate of drug-likeness (QED) is 0.364. The van der Waals surface area contributed by atoms with Crippen LogP contribution in [-0.4, -0.2) is 23.6 Å². The average molecular weight is 455 g/mol. The van der Waals surface area contributed by atoms with E-state index in [1.807, 2.05) is 44.2 Å². The number of benzene rings is 2. The molecule has 0 atom stereocenters. The van der Waals surface area contributed by atoms with Crippen molar-refractivity contribution in [2.75, 3.05) is 12.0 Å². The molecule has 0 saturated heterocycles. The summed E-state index contributed by atoms with van der Waals surface area (Å²) in [5.74, 6) is -0.754. The molecule has 0 unspecified atom stereocenters. The van der Waals surface area contributed by atoms with Crippen molar-refractivity contribution in [1.82, 2.24) is 4.57 Å². The number of ether oxygens (including phenoxy) is 1. The number of carbonyl (C=O) groups excluding carboxylic acids is 2. The molecule has 2 heterocycles. The number of hydrogen-bond acceptors (Lipinski definition) is 3. The molecule has 5 nitrogen and oxygen atoms in total. The van der Waals surface area contributed by atoms with Gasteiger partial charge in [0.1, 0.15) is 0 Å². The van der Waals surface area contributed by atoms with Crippen LogP contribution in [-0.2, 0) is 14.3 Å². The van der Waals surface area contributed by atoms with Gasteiger partial charge in [0, 0.05) is 28.5 Å². The van der Waals surface area contributed by atoms with E-state index >= 15 is 0 Å². The predicted molar refractivity (Wildman–Crippen MR) is 136 cm³/mol. The van der Waals surface area contributed by atoms with E-state index in [4.69, 9.17) is 4.74 Å². The van der Waals surface area contributed by atoms with Crippen LogP contribution in [0.3, 0.4) is 0 Å². The zero-order valence-corrected chi connectivity index (χ0v) is 20.8. The molecule has 1 aliphatic heterocycles. The predicted octanol–water partition coefficient (Wildman–Crippen LogP) is 5.90. The van der Waals surface area contributed by atoms with Gasteiger partial charge >= 0.3 is 5.97 Å². The first-order valence-electron chi connectivity index (χ1n) is 11.3. The van der Waals surface area contributed by atoms with Crippen molar-refractivity contribution < 1.29 is 14.3 Å². The summed E-state index contributed by atoms with van der Waals surface area (Å²) in [6, 6.07) is 16.1. The van der Waals surface area contributed by atoms with Gasteiger partial charge in [-0.1, -0.05) is 24.3 Å². The van der Waals surface area contributed by atoms with E-state index in [0.29, 0.717) is 16.8 Å². The van der Waals surface area contributed by atoms with Gasteiger partial charge in [-0.3, -0.25) is 9.69 Å². The van der Waals surface area contributed by atoms with E-state index in [9.17, 15) is 9.59 Å². The molecule has 34 heavy (non-hydrogen) atoms. The second-order valence-corrected chi connectivity index (χ2v) is 8.94. The summed E-state index contributed by atoms with van der Waals surface area (Å²) in [6.07, 6.45) is 1.82. The molecule has 0 spiro atoms. The first-order valence-corrected chi connectivity index (χ1v) is 11.3. The number of aromatic nitrogens is 1. The van der Waals surface area contributed by atoms with Crippen molar-refractivity contribution in [1.29, 1.82) is 0 Å². The molecule has 1 aliphatic rings. The third-order valence-corrected chi connectivity index (χ3v) is 6.43. The van der Waals surface area contributed by atoms with Gasteiger partial charge in [0.25, 0.3) is 5.91 Å². The van der Waals surface area contributed by atoms with Crippen molar-refractivity contribution in [2.45, 2.75) is 41.5 Å². The number of anilines is 1. The third-order valence-electron chi connectivity index (χ3n) is 6.43. The zero-order valence-electron chi connectivity index (χ0n) is 20.8. The van der Waals surface area contributed by atoms with Crippen molar-refractivity contribution in [3.8, 4) is 5.69 Å². The Morgan fingerprint density at radius 1 is 0.912 bits per heavy atom. The number of hydrogen-bond donors (Lipinski definition) is 0. The standard InChI is InChI=1S/C29H30N2O3/c1-17-9-8-10-24(13-17)31-22(6)27(29(33)34-7)25(28(31)32)16-23-15-20(4)30(21(23)5)26-14-18(2)11-12-19(26)3/h8-16H,1-7H3. The molecule has 0 fully saturated rings. The van der Waals surface area contributed by atoms with Gasteiger partial charge in [0.2, 0.25) is 0 Å². The first-order chi connectivity index (χ1) is 16.1. The minimum absolute atomic E-state index is 0.236. The molecule has 0 radical (unpaired) electrons. The number of rotatable bonds is 4. The van der Waals surface area contributed by atoms with Crippen molar-refractivity contribution >= 4 is 23.6 Å². The Bertz CT molecular complexity index is 1390. The summed E-state index contributed by atoms with van der Waals surface area (Å²) in [5.41, 5.74) is 9.37. The molecular weight excluding hydrogens is 424 g/mol. The molecule has 0 N–H and O–H groups in total. The molecule has 0 aliphatic carbocycles. The van der Waals surface area contributed by atoms with Gasteiger partial charge < -0.3 is 9.30 Å². The molecule has 1 aromatic heterocycles. The van der Waals surface area contributed by atoms with Crippen LogP contribution in [0.15, 0.2) is 65.4 Å². The SMILES string of the molecule is COC(=O)C1=C(C)N(c2cccc(C)c2)C(=O)C1=Cc1cc(C)n(-c2cc(C)ccc2C)c1C. The highest BCUT2D eigenvalue weighted by Crippen LogP contribution is 2.36. The Morgan fingerprint density at radius 2 is 1.62 bits per heavy atom. The lowest BCUT2D eigenvalue weighted by atomic mass is 10.0. The minimum Gasteiger partial charge on any atom is -0.465 e. The molecule has 5 heteroatoms. The molecule has 2 aromatic carbocycles. The van der Waals surface area contributed by atoms with Crippen LogP contribution in [0.5, 0.6) is 0 Å². The highest BCUT2D eigenvalue weighted by Gasteiger charge is 2.38. The summed E-state index contributed by atoms with van der Waals surface area (Å²) in [6.45, 7) is 12.0. The molecule has 1 amide bonds. The number of allylic oxidation sites excluding steroid dienone is 1. The highest BCUT2D eigenvalue weighted by atomic mass is 16.5. The topological polar surface area (TPSA) is 51.5 Å². The second kappa shape index (κ2) is 8.82. The second-order valence-electron chi connectivity index (χ2n) is 8.94. The van der Waals surface area contributed by atoms with Crippen LogP contribution in [0, 0.1) is 34.6 Å². The van der Waals surface area contributed by atoms with E-state index in [1.165, 1.54) is 18.2 Å². The molecular formula is C29H30N2O3. The number of carbonyl (C=O) groups is 2. The van der Waals surface area contributed by atoms with Crippen LogP contribution < -0.4 is 4.90 Å². The largest absolute Gasteiger partial charge is 0.465 e. The van der Waals surface area contributed by atoms with Crippen molar-refractivity contribution in [3.63, 3.8) is 0 Å². The van der Waals surface area contributed by atoms with Crippen LogP contribution in [0.4, 0.5) is 5.69 Å². The minimum atomic E-state index is -0.518. The Kier molecular flexibility index (Phi) is 6.05. The van der Waals surface area contributed by atoms with Gasteiger partial charge in [0.15, 0.2) is 0 Å². The van der Waals surface area contributed by atoms with E-state index in [2.05, 4.69) is 49.6 Å². The third kappa shape index (κ3) is 3.87. The lowest BCUT2D eigenvalue weighted by molar-refractivity contribution is -0.136. The fourth-order valence-electron chi connectivity index (χ4n) is 4.68. The van der Waals surface area contributed by atoms with Crippen LogP contribution >= 0.6 is 0 Å². The monoisotopic (exact) mass is 454 g/mol. The van der Waals surface area contributed by atoms with E-state index in [0.717, 1.165) is 33.9 Å². The highest BCUT2D eigenvalue weighted by molar-refractivity contribution is 6.23.